The summed E-state index contributed by atoms with van der Waals surface area (Å²) >= 11 is 1.67. The highest BCUT2D eigenvalue weighted by atomic mass is 32.2. The first-order chi connectivity index (χ1) is 11.3. The van der Waals surface area contributed by atoms with E-state index in [1.807, 2.05) is 12.1 Å². The van der Waals surface area contributed by atoms with E-state index in [-0.39, 0.29) is 11.9 Å². The number of amides is 1. The van der Waals surface area contributed by atoms with E-state index in [4.69, 9.17) is 5.84 Å². The van der Waals surface area contributed by atoms with E-state index in [9.17, 15) is 4.79 Å². The molecule has 2 aromatic carbocycles. The Morgan fingerprint density at radius 2 is 1.61 bits per heavy atom. The van der Waals surface area contributed by atoms with Gasteiger partial charge in [-0.2, -0.15) is 0 Å². The summed E-state index contributed by atoms with van der Waals surface area (Å²) in [5, 5.41) is 0.488. The minimum absolute atomic E-state index is 0.115. The van der Waals surface area contributed by atoms with Gasteiger partial charge in [0.2, 0.25) is 5.91 Å². The van der Waals surface area contributed by atoms with Crippen LogP contribution in [-0.2, 0) is 4.79 Å². The third kappa shape index (κ3) is 3.93. The van der Waals surface area contributed by atoms with Crippen LogP contribution in [0.25, 0.3) is 0 Å². The van der Waals surface area contributed by atoms with Crippen LogP contribution in [0.4, 0.5) is 0 Å². The number of carbonyl (C=O) groups excluding carboxylic acids is 1. The van der Waals surface area contributed by atoms with E-state index in [1.54, 1.807) is 11.8 Å². The average Bonchev–Trinajstić information content (AvgIpc) is 2.58. The number of thioether (sulfide) groups is 1. The standard InChI is InChI=1S/C18H21N3OS/c19-20-17(22)13-23-16-11-21(12-16)18(14-7-3-1-4-8-14)15-9-5-2-6-10-15/h1-10,16,18H,11-13,19H2,(H,20,22). The number of hydrogen-bond acceptors (Lipinski definition) is 4. The highest BCUT2D eigenvalue weighted by Gasteiger charge is 2.34. The van der Waals surface area contributed by atoms with Crippen molar-refractivity contribution >= 4 is 17.7 Å². The number of nitrogens with one attached hydrogen (secondary N) is 1. The highest BCUT2D eigenvalue weighted by Crippen LogP contribution is 2.35. The Labute approximate surface area is 141 Å². The van der Waals surface area contributed by atoms with Crippen molar-refractivity contribution in [3.63, 3.8) is 0 Å². The first-order valence-electron chi connectivity index (χ1n) is 7.73. The van der Waals surface area contributed by atoms with Crippen molar-refractivity contribution in [1.82, 2.24) is 10.3 Å². The number of nitrogens with zero attached hydrogens (tertiary/aromatic N) is 1. The van der Waals surface area contributed by atoms with Crippen molar-refractivity contribution < 1.29 is 4.79 Å². The lowest BCUT2D eigenvalue weighted by atomic mass is 9.94. The van der Waals surface area contributed by atoms with Crippen molar-refractivity contribution in [3.8, 4) is 0 Å². The monoisotopic (exact) mass is 327 g/mol. The minimum atomic E-state index is -0.115. The normalized spacial score (nSPS) is 15.4. The molecule has 0 saturated carbocycles. The van der Waals surface area contributed by atoms with Gasteiger partial charge < -0.3 is 0 Å². The maximum absolute atomic E-state index is 11.2. The van der Waals surface area contributed by atoms with Gasteiger partial charge in [0.05, 0.1) is 11.8 Å². The number of carbonyl (C=O) groups is 1. The maximum atomic E-state index is 11.2. The average molecular weight is 327 g/mol. The van der Waals surface area contributed by atoms with Crippen LogP contribution in [0.3, 0.4) is 0 Å². The molecule has 0 radical (unpaired) electrons. The maximum Gasteiger partial charge on any atom is 0.243 e. The fraction of sp³-hybridized carbons (Fsp3) is 0.278. The molecular formula is C18H21N3OS. The van der Waals surface area contributed by atoms with Crippen molar-refractivity contribution in [2.24, 2.45) is 5.84 Å². The van der Waals surface area contributed by atoms with Gasteiger partial charge in [0.1, 0.15) is 0 Å². The van der Waals surface area contributed by atoms with Crippen LogP contribution in [-0.4, -0.2) is 34.9 Å². The number of nitrogens with two attached hydrogens (primary N) is 1. The SMILES string of the molecule is NNC(=O)CSC1CN(C(c2ccccc2)c2ccccc2)C1. The van der Waals surface area contributed by atoms with E-state index in [2.05, 4.69) is 58.9 Å². The Morgan fingerprint density at radius 3 is 2.09 bits per heavy atom. The Balaban J connectivity index is 1.68. The fourth-order valence-corrected chi connectivity index (χ4v) is 3.97. The molecule has 1 aliphatic heterocycles. The molecule has 1 amide bonds. The first-order valence-corrected chi connectivity index (χ1v) is 8.78. The molecule has 0 aliphatic carbocycles. The van der Waals surface area contributed by atoms with Gasteiger partial charge in [0.25, 0.3) is 0 Å². The van der Waals surface area contributed by atoms with Crippen molar-refractivity contribution in [1.29, 1.82) is 0 Å². The fourth-order valence-electron chi connectivity index (χ4n) is 2.91. The van der Waals surface area contributed by atoms with E-state index < -0.39 is 0 Å². The molecule has 2 aromatic rings. The van der Waals surface area contributed by atoms with Crippen LogP contribution in [0.1, 0.15) is 17.2 Å². The molecule has 5 heteroatoms. The molecule has 1 heterocycles. The molecule has 1 fully saturated rings. The van der Waals surface area contributed by atoms with Gasteiger partial charge in [-0.25, -0.2) is 5.84 Å². The molecule has 0 spiro atoms. The molecule has 0 unspecified atom stereocenters. The summed E-state index contributed by atoms with van der Waals surface area (Å²) in [7, 11) is 0. The number of rotatable bonds is 6. The molecule has 0 bridgehead atoms. The second kappa shape index (κ2) is 7.64. The molecule has 1 saturated heterocycles. The van der Waals surface area contributed by atoms with Crippen LogP contribution < -0.4 is 11.3 Å². The van der Waals surface area contributed by atoms with Crippen LogP contribution in [0, 0.1) is 0 Å². The van der Waals surface area contributed by atoms with Gasteiger partial charge in [-0.1, -0.05) is 60.7 Å². The minimum Gasteiger partial charge on any atom is -0.294 e. The van der Waals surface area contributed by atoms with Gasteiger partial charge in [-0.05, 0) is 11.1 Å². The van der Waals surface area contributed by atoms with Crippen LogP contribution in [0.5, 0.6) is 0 Å². The Kier molecular flexibility index (Phi) is 5.33. The van der Waals surface area contributed by atoms with E-state index in [0.29, 0.717) is 11.0 Å². The molecule has 4 nitrogen and oxygen atoms in total. The Bertz CT molecular complexity index is 590. The summed E-state index contributed by atoms with van der Waals surface area (Å²) < 4.78 is 0. The molecule has 0 atom stereocenters. The number of hydrazine groups is 1. The topological polar surface area (TPSA) is 58.4 Å². The Morgan fingerprint density at radius 1 is 1.09 bits per heavy atom. The predicted octanol–water partition coefficient (Wildman–Crippen LogP) is 2.18. The molecule has 3 rings (SSSR count). The van der Waals surface area contributed by atoms with Gasteiger partial charge >= 0.3 is 0 Å². The summed E-state index contributed by atoms with van der Waals surface area (Å²) in [6.07, 6.45) is 0. The van der Waals surface area contributed by atoms with Crippen molar-refractivity contribution in [2.75, 3.05) is 18.8 Å². The zero-order valence-corrected chi connectivity index (χ0v) is 13.7. The summed E-state index contributed by atoms with van der Waals surface area (Å²) in [5.74, 6) is 5.43. The van der Waals surface area contributed by atoms with Crippen LogP contribution in [0.15, 0.2) is 60.7 Å². The lowest BCUT2D eigenvalue weighted by Crippen LogP contribution is -2.51. The third-order valence-corrected chi connectivity index (χ3v) is 5.28. The third-order valence-electron chi connectivity index (χ3n) is 4.08. The van der Waals surface area contributed by atoms with Gasteiger partial charge in [-0.3, -0.25) is 15.1 Å². The number of benzene rings is 2. The predicted molar refractivity (Wildman–Crippen MR) is 94.9 cm³/mol. The lowest BCUT2D eigenvalue weighted by Gasteiger charge is -2.44. The quantitative estimate of drug-likeness (QED) is 0.485. The molecular weight excluding hydrogens is 306 g/mol. The molecule has 0 aromatic heterocycles. The second-order valence-corrected chi connectivity index (χ2v) is 6.97. The lowest BCUT2D eigenvalue weighted by molar-refractivity contribution is -0.118. The van der Waals surface area contributed by atoms with Crippen molar-refractivity contribution in [2.45, 2.75) is 11.3 Å². The van der Waals surface area contributed by atoms with Gasteiger partial charge in [0.15, 0.2) is 0 Å². The number of likely N-dealkylation sites (tertiary alicyclic amines) is 1. The highest BCUT2D eigenvalue weighted by molar-refractivity contribution is 8.00. The zero-order chi connectivity index (χ0) is 16.1. The smallest absolute Gasteiger partial charge is 0.243 e. The van der Waals surface area contributed by atoms with E-state index >= 15 is 0 Å². The summed E-state index contributed by atoms with van der Waals surface area (Å²) in [4.78, 5) is 13.7. The summed E-state index contributed by atoms with van der Waals surface area (Å²) in [6.45, 7) is 1.97. The zero-order valence-electron chi connectivity index (χ0n) is 12.9. The molecule has 120 valence electrons. The van der Waals surface area contributed by atoms with Gasteiger partial charge in [-0.15, -0.1) is 11.8 Å². The van der Waals surface area contributed by atoms with E-state index in [0.717, 1.165) is 13.1 Å². The molecule has 3 N–H and O–H groups in total. The van der Waals surface area contributed by atoms with E-state index in [1.165, 1.54) is 11.1 Å². The summed E-state index contributed by atoms with van der Waals surface area (Å²) in [6, 6.07) is 21.4. The van der Waals surface area contributed by atoms with Crippen molar-refractivity contribution in [3.05, 3.63) is 71.8 Å². The largest absolute Gasteiger partial charge is 0.294 e. The Hall–Kier alpha value is -1.82. The molecule has 23 heavy (non-hydrogen) atoms. The van der Waals surface area contributed by atoms with Crippen LogP contribution in [0.2, 0.25) is 0 Å². The molecule has 1 aliphatic rings. The second-order valence-electron chi connectivity index (χ2n) is 5.68. The van der Waals surface area contributed by atoms with Gasteiger partial charge in [0, 0.05) is 18.3 Å². The summed E-state index contributed by atoms with van der Waals surface area (Å²) in [5.41, 5.74) is 4.80. The van der Waals surface area contributed by atoms with Crippen LogP contribution >= 0.6 is 11.8 Å². The first kappa shape index (κ1) is 16.1. The number of hydrogen-bond donors (Lipinski definition) is 2.